The molecule has 0 aromatic heterocycles. The van der Waals surface area contributed by atoms with Crippen LogP contribution in [0.3, 0.4) is 0 Å². The van der Waals surface area contributed by atoms with E-state index in [4.69, 9.17) is 14.2 Å². The van der Waals surface area contributed by atoms with Crippen LogP contribution in [0.25, 0.3) is 0 Å². The van der Waals surface area contributed by atoms with Gasteiger partial charge in [0.05, 0.1) is 0 Å². The van der Waals surface area contributed by atoms with Gasteiger partial charge in [0.1, 0.15) is 29.7 Å². The average molecular weight is 375 g/mol. The minimum atomic E-state index is -1.56. The predicted molar refractivity (Wildman–Crippen MR) is 110 cm³/mol. The fraction of sp³-hybridized carbons (Fsp3) is 0.400. The lowest BCUT2D eigenvalue weighted by atomic mass is 10.4. The highest BCUT2D eigenvalue weighted by Crippen LogP contribution is 2.05. The van der Waals surface area contributed by atoms with Gasteiger partial charge in [-0.25, -0.2) is 0 Å². The summed E-state index contributed by atoms with van der Waals surface area (Å²) >= 11 is 0. The average Bonchev–Trinajstić information content (AvgIpc) is 2.62. The van der Waals surface area contributed by atoms with Crippen LogP contribution in [0.5, 0.6) is 0 Å². The summed E-state index contributed by atoms with van der Waals surface area (Å²) in [4.78, 5) is 0. The van der Waals surface area contributed by atoms with E-state index in [9.17, 15) is 0 Å². The van der Waals surface area contributed by atoms with E-state index in [1.165, 1.54) is 10.4 Å². The van der Waals surface area contributed by atoms with Gasteiger partial charge in [-0.1, -0.05) is 97.2 Å². The van der Waals surface area contributed by atoms with Crippen molar-refractivity contribution in [2.75, 3.05) is 26.0 Å². The molecule has 2 aromatic carbocycles. The van der Waals surface area contributed by atoms with E-state index < -0.39 is 16.1 Å². The van der Waals surface area contributed by atoms with Gasteiger partial charge in [-0.2, -0.15) is 0 Å². The number of hydrogen-bond acceptors (Lipinski definition) is 3. The van der Waals surface area contributed by atoms with Gasteiger partial charge in [0, 0.05) is 12.5 Å². The molecule has 3 nitrogen and oxygen atoms in total. The summed E-state index contributed by atoms with van der Waals surface area (Å²) in [6, 6.07) is 21.2. The van der Waals surface area contributed by atoms with Crippen LogP contribution in [0.15, 0.2) is 60.7 Å². The summed E-state index contributed by atoms with van der Waals surface area (Å²) in [5.74, 6) is 0. The maximum atomic E-state index is 5.74. The summed E-state index contributed by atoms with van der Waals surface area (Å²) in [5, 5.41) is 2.81. The van der Waals surface area contributed by atoms with Gasteiger partial charge < -0.3 is 14.2 Å². The van der Waals surface area contributed by atoms with Crippen LogP contribution in [0.1, 0.15) is 0 Å². The molecule has 0 aliphatic carbocycles. The minimum absolute atomic E-state index is 0.288. The molecule has 25 heavy (non-hydrogen) atoms. The van der Waals surface area contributed by atoms with Crippen molar-refractivity contribution in [1.29, 1.82) is 0 Å². The Bertz CT molecular complexity index is 560. The van der Waals surface area contributed by atoms with Crippen molar-refractivity contribution in [3.63, 3.8) is 0 Å². The SMILES string of the molecule is C[Si](C)(COCOCOC[Si](C)(C)c1ccccc1)c1ccccc1. The van der Waals surface area contributed by atoms with E-state index in [0.29, 0.717) is 0 Å². The van der Waals surface area contributed by atoms with Gasteiger partial charge in [-0.3, -0.25) is 0 Å². The van der Waals surface area contributed by atoms with Crippen LogP contribution in [0.2, 0.25) is 26.2 Å². The van der Waals surface area contributed by atoms with Gasteiger partial charge in [-0.15, -0.1) is 0 Å². The van der Waals surface area contributed by atoms with Crippen molar-refractivity contribution in [3.8, 4) is 0 Å². The van der Waals surface area contributed by atoms with E-state index in [0.717, 1.165) is 12.5 Å². The van der Waals surface area contributed by atoms with Crippen LogP contribution in [0.4, 0.5) is 0 Å². The monoisotopic (exact) mass is 374 g/mol. The normalized spacial score (nSPS) is 12.3. The van der Waals surface area contributed by atoms with Gasteiger partial charge in [0.15, 0.2) is 0 Å². The maximum absolute atomic E-state index is 5.74. The molecular formula is C20H30O3Si2. The van der Waals surface area contributed by atoms with E-state index in [1.807, 2.05) is 0 Å². The first-order chi connectivity index (χ1) is 11.9. The van der Waals surface area contributed by atoms with E-state index in [1.54, 1.807) is 0 Å². The van der Waals surface area contributed by atoms with Gasteiger partial charge in [0.25, 0.3) is 0 Å². The highest BCUT2D eigenvalue weighted by Gasteiger charge is 2.24. The molecular weight excluding hydrogens is 344 g/mol. The summed E-state index contributed by atoms with van der Waals surface area (Å²) < 4.78 is 17.0. The Labute approximate surface area is 154 Å². The zero-order valence-corrected chi connectivity index (χ0v) is 17.8. The molecule has 0 amide bonds. The smallest absolute Gasteiger partial charge is 0.149 e. The molecule has 0 fully saturated rings. The Balaban J connectivity index is 1.62. The lowest BCUT2D eigenvalue weighted by Gasteiger charge is -2.23. The molecule has 2 rings (SSSR count). The van der Waals surface area contributed by atoms with Crippen molar-refractivity contribution in [2.45, 2.75) is 26.2 Å². The quantitative estimate of drug-likeness (QED) is 0.363. The largest absolute Gasteiger partial charge is 0.358 e. The van der Waals surface area contributed by atoms with Crippen LogP contribution in [-0.4, -0.2) is 42.2 Å². The Morgan fingerprint density at radius 3 is 1.28 bits per heavy atom. The minimum Gasteiger partial charge on any atom is -0.358 e. The zero-order valence-electron chi connectivity index (χ0n) is 15.8. The third-order valence-electron chi connectivity index (χ3n) is 4.37. The molecule has 0 N–H and O–H groups in total. The fourth-order valence-corrected chi connectivity index (χ4v) is 6.40. The number of ether oxygens (including phenoxy) is 3. The summed E-state index contributed by atoms with van der Waals surface area (Å²) in [6.45, 7) is 9.83. The second kappa shape index (κ2) is 9.45. The molecule has 0 unspecified atom stereocenters. The lowest BCUT2D eigenvalue weighted by molar-refractivity contribution is -0.117. The molecule has 136 valence electrons. The van der Waals surface area contributed by atoms with Crippen molar-refractivity contribution in [1.82, 2.24) is 0 Å². The molecule has 0 radical (unpaired) electrons. The molecule has 0 saturated carbocycles. The van der Waals surface area contributed by atoms with Crippen LogP contribution < -0.4 is 10.4 Å². The van der Waals surface area contributed by atoms with E-state index in [-0.39, 0.29) is 13.6 Å². The fourth-order valence-electron chi connectivity index (χ4n) is 2.69. The van der Waals surface area contributed by atoms with Gasteiger partial charge >= 0.3 is 0 Å². The van der Waals surface area contributed by atoms with E-state index >= 15 is 0 Å². The second-order valence-corrected chi connectivity index (χ2v) is 16.9. The topological polar surface area (TPSA) is 27.7 Å². The van der Waals surface area contributed by atoms with Crippen molar-refractivity contribution in [2.24, 2.45) is 0 Å². The lowest BCUT2D eigenvalue weighted by Crippen LogP contribution is -2.47. The molecule has 2 aromatic rings. The Kier molecular flexibility index (Phi) is 7.59. The summed E-state index contributed by atoms with van der Waals surface area (Å²) in [7, 11) is -3.12. The molecule has 0 aliphatic heterocycles. The zero-order chi connectivity index (χ0) is 18.2. The molecule has 0 heterocycles. The maximum Gasteiger partial charge on any atom is 0.149 e. The number of benzene rings is 2. The Hall–Kier alpha value is -1.25. The van der Waals surface area contributed by atoms with E-state index in [2.05, 4.69) is 86.9 Å². The molecule has 0 saturated heterocycles. The highest BCUT2D eigenvalue weighted by molar-refractivity contribution is 6.90. The summed E-state index contributed by atoms with van der Waals surface area (Å²) in [6.07, 6.45) is 1.50. The summed E-state index contributed by atoms with van der Waals surface area (Å²) in [5.41, 5.74) is 0. The predicted octanol–water partition coefficient (Wildman–Crippen LogP) is 3.26. The van der Waals surface area contributed by atoms with Crippen molar-refractivity contribution < 1.29 is 14.2 Å². The molecule has 5 heteroatoms. The van der Waals surface area contributed by atoms with Crippen LogP contribution in [-0.2, 0) is 14.2 Å². The highest BCUT2D eigenvalue weighted by atomic mass is 28.3. The van der Waals surface area contributed by atoms with Crippen LogP contribution >= 0.6 is 0 Å². The van der Waals surface area contributed by atoms with Gasteiger partial charge in [0.2, 0.25) is 0 Å². The Morgan fingerprint density at radius 2 is 0.920 bits per heavy atom. The van der Waals surface area contributed by atoms with Crippen molar-refractivity contribution >= 4 is 26.5 Å². The number of rotatable bonds is 10. The first-order valence-electron chi connectivity index (χ1n) is 8.76. The molecule has 0 atom stereocenters. The first kappa shape index (κ1) is 20.1. The van der Waals surface area contributed by atoms with Crippen LogP contribution in [0, 0.1) is 0 Å². The molecule has 0 bridgehead atoms. The standard InChI is InChI=1S/C20H30O3Si2/c1-24(2,19-11-7-5-8-12-19)17-22-15-21-16-23-18-25(3,4)20-13-9-6-10-14-20/h5-14H,15-18H2,1-4H3. The number of hydrogen-bond donors (Lipinski definition) is 0. The van der Waals surface area contributed by atoms with Crippen molar-refractivity contribution in [3.05, 3.63) is 60.7 Å². The molecule has 0 aliphatic rings. The third kappa shape index (κ3) is 6.53. The molecule has 0 spiro atoms. The second-order valence-electron chi connectivity index (χ2n) is 7.64. The van der Waals surface area contributed by atoms with Gasteiger partial charge in [-0.05, 0) is 0 Å². The Morgan fingerprint density at radius 1 is 0.560 bits per heavy atom. The third-order valence-corrected chi connectivity index (χ3v) is 10.0. The first-order valence-corrected chi connectivity index (χ1v) is 15.2.